The van der Waals surface area contributed by atoms with Gasteiger partial charge in [-0.2, -0.15) is 0 Å². The van der Waals surface area contributed by atoms with Crippen molar-refractivity contribution in [3.63, 3.8) is 0 Å². The van der Waals surface area contributed by atoms with E-state index in [9.17, 15) is 0 Å². The molecule has 16 heavy (non-hydrogen) atoms. The average molecular weight is 220 g/mol. The van der Waals surface area contributed by atoms with E-state index in [0.29, 0.717) is 5.41 Å². The van der Waals surface area contributed by atoms with Crippen LogP contribution < -0.4 is 10.2 Å². The fourth-order valence-corrected chi connectivity index (χ4v) is 2.09. The van der Waals surface area contributed by atoms with E-state index in [-0.39, 0.29) is 0 Å². The molecule has 1 saturated heterocycles. The molecule has 0 aliphatic carbocycles. The van der Waals surface area contributed by atoms with Crippen LogP contribution in [0.25, 0.3) is 0 Å². The Morgan fingerprint density at radius 1 is 1.38 bits per heavy atom. The van der Waals surface area contributed by atoms with Crippen molar-refractivity contribution in [2.45, 2.75) is 26.8 Å². The molecule has 0 saturated carbocycles. The highest BCUT2D eigenvalue weighted by molar-refractivity contribution is 5.32. The number of anilines is 1. The highest BCUT2D eigenvalue weighted by Gasteiger charge is 2.30. The van der Waals surface area contributed by atoms with Crippen LogP contribution in [-0.4, -0.2) is 30.1 Å². The summed E-state index contributed by atoms with van der Waals surface area (Å²) in [5, 5.41) is 3.09. The van der Waals surface area contributed by atoms with Gasteiger partial charge in [0, 0.05) is 37.6 Å². The summed E-state index contributed by atoms with van der Waals surface area (Å²) in [5.41, 5.74) is 1.53. The van der Waals surface area contributed by atoms with Gasteiger partial charge in [0.15, 0.2) is 0 Å². The van der Waals surface area contributed by atoms with Gasteiger partial charge in [-0.3, -0.25) is 0 Å². The number of nitrogens with zero attached hydrogens (tertiary/aromatic N) is 3. The number of aromatic nitrogens is 2. The molecule has 0 amide bonds. The second kappa shape index (κ2) is 4.37. The molecule has 0 bridgehead atoms. The monoisotopic (exact) mass is 220 g/mol. The van der Waals surface area contributed by atoms with Gasteiger partial charge in [0.2, 0.25) is 5.95 Å². The molecule has 2 rings (SSSR count). The van der Waals surface area contributed by atoms with E-state index in [1.165, 1.54) is 6.42 Å². The van der Waals surface area contributed by atoms with Crippen LogP contribution in [0.5, 0.6) is 0 Å². The number of rotatable bonds is 3. The lowest BCUT2D eigenvalue weighted by atomic mass is 9.93. The molecule has 1 aromatic rings. The van der Waals surface area contributed by atoms with E-state index in [1.54, 1.807) is 0 Å². The van der Waals surface area contributed by atoms with Crippen LogP contribution in [-0.2, 0) is 6.54 Å². The van der Waals surface area contributed by atoms with Gasteiger partial charge in [-0.25, -0.2) is 9.97 Å². The van der Waals surface area contributed by atoms with Crippen molar-refractivity contribution in [3.8, 4) is 0 Å². The van der Waals surface area contributed by atoms with E-state index in [2.05, 4.69) is 34.0 Å². The maximum Gasteiger partial charge on any atom is 0.225 e. The van der Waals surface area contributed by atoms with E-state index in [0.717, 1.165) is 31.1 Å². The van der Waals surface area contributed by atoms with Crippen molar-refractivity contribution in [1.29, 1.82) is 0 Å². The third kappa shape index (κ3) is 2.50. The Hall–Kier alpha value is -1.16. The maximum absolute atomic E-state index is 4.42. The molecule has 1 aromatic heterocycles. The average Bonchev–Trinajstić information content (AvgIpc) is 2.61. The Morgan fingerprint density at radius 3 is 2.56 bits per heavy atom. The second-order valence-corrected chi connectivity index (χ2v) is 5.26. The number of nitrogens with one attached hydrogen (secondary N) is 1. The van der Waals surface area contributed by atoms with Gasteiger partial charge < -0.3 is 10.2 Å². The molecule has 2 heterocycles. The highest BCUT2D eigenvalue weighted by Crippen LogP contribution is 2.30. The van der Waals surface area contributed by atoms with Gasteiger partial charge in [-0.15, -0.1) is 0 Å². The van der Waals surface area contributed by atoms with Crippen molar-refractivity contribution in [2.24, 2.45) is 5.41 Å². The van der Waals surface area contributed by atoms with Crippen molar-refractivity contribution >= 4 is 5.95 Å². The van der Waals surface area contributed by atoms with E-state index in [1.807, 2.05) is 19.4 Å². The molecule has 0 radical (unpaired) electrons. The molecule has 88 valence electrons. The maximum atomic E-state index is 4.42. The van der Waals surface area contributed by atoms with Crippen LogP contribution in [0, 0.1) is 5.41 Å². The molecule has 0 unspecified atom stereocenters. The summed E-state index contributed by atoms with van der Waals surface area (Å²) in [6.07, 6.45) is 5.03. The van der Waals surface area contributed by atoms with Gasteiger partial charge in [0.05, 0.1) is 0 Å². The summed E-state index contributed by atoms with van der Waals surface area (Å²) >= 11 is 0. The summed E-state index contributed by atoms with van der Waals surface area (Å²) in [4.78, 5) is 11.1. The molecular weight excluding hydrogens is 200 g/mol. The van der Waals surface area contributed by atoms with Crippen LogP contribution in [0.4, 0.5) is 5.95 Å². The molecule has 0 atom stereocenters. The first-order valence-electron chi connectivity index (χ1n) is 5.81. The number of hydrogen-bond donors (Lipinski definition) is 1. The van der Waals surface area contributed by atoms with E-state index >= 15 is 0 Å². The number of hydrogen-bond acceptors (Lipinski definition) is 4. The molecule has 0 spiro atoms. The lowest BCUT2D eigenvalue weighted by Crippen LogP contribution is -2.24. The molecule has 1 fully saturated rings. The Kier molecular flexibility index (Phi) is 3.10. The normalized spacial score (nSPS) is 19.1. The molecule has 4 nitrogen and oxygen atoms in total. The van der Waals surface area contributed by atoms with Gasteiger partial charge in [-0.1, -0.05) is 13.8 Å². The Bertz CT molecular complexity index is 345. The summed E-state index contributed by atoms with van der Waals surface area (Å²) in [6, 6.07) is 0. The van der Waals surface area contributed by atoms with Gasteiger partial charge in [0.1, 0.15) is 0 Å². The van der Waals surface area contributed by atoms with Crippen LogP contribution >= 0.6 is 0 Å². The van der Waals surface area contributed by atoms with Gasteiger partial charge in [0.25, 0.3) is 0 Å². The largest absolute Gasteiger partial charge is 0.340 e. The van der Waals surface area contributed by atoms with Crippen LogP contribution in [0.2, 0.25) is 0 Å². The molecule has 0 aromatic carbocycles. The molecule has 1 N–H and O–H groups in total. The second-order valence-electron chi connectivity index (χ2n) is 5.26. The van der Waals surface area contributed by atoms with Crippen LogP contribution in [0.3, 0.4) is 0 Å². The van der Waals surface area contributed by atoms with Crippen molar-refractivity contribution < 1.29 is 0 Å². The Balaban J connectivity index is 2.05. The van der Waals surface area contributed by atoms with Gasteiger partial charge in [-0.05, 0) is 18.9 Å². The lowest BCUT2D eigenvalue weighted by Gasteiger charge is -2.19. The molecule has 4 heteroatoms. The fourth-order valence-electron chi connectivity index (χ4n) is 2.09. The first kappa shape index (κ1) is 11.3. The zero-order valence-corrected chi connectivity index (χ0v) is 10.3. The summed E-state index contributed by atoms with van der Waals surface area (Å²) in [5.74, 6) is 0.866. The standard InChI is InChI=1S/C12H20N4/c1-12(2)4-5-16(9-12)11-14-7-10(6-13-3)8-15-11/h7-8,13H,4-6,9H2,1-3H3. The van der Waals surface area contributed by atoms with Crippen LogP contribution in [0.1, 0.15) is 25.8 Å². The Labute approximate surface area is 97.1 Å². The first-order valence-corrected chi connectivity index (χ1v) is 5.81. The SMILES string of the molecule is CNCc1cnc(N2CCC(C)(C)C2)nc1. The van der Waals surface area contributed by atoms with Crippen LogP contribution in [0.15, 0.2) is 12.4 Å². The predicted octanol–water partition coefficient (Wildman–Crippen LogP) is 1.43. The zero-order chi connectivity index (χ0) is 11.6. The highest BCUT2D eigenvalue weighted by atomic mass is 15.3. The smallest absolute Gasteiger partial charge is 0.225 e. The lowest BCUT2D eigenvalue weighted by molar-refractivity contribution is 0.418. The summed E-state index contributed by atoms with van der Waals surface area (Å²) in [7, 11) is 1.93. The first-order chi connectivity index (χ1) is 7.61. The molecule has 1 aliphatic rings. The van der Waals surface area contributed by atoms with Crippen molar-refractivity contribution in [3.05, 3.63) is 18.0 Å². The van der Waals surface area contributed by atoms with Crippen molar-refractivity contribution in [1.82, 2.24) is 15.3 Å². The minimum absolute atomic E-state index is 0.396. The summed E-state index contributed by atoms with van der Waals surface area (Å²) < 4.78 is 0. The molecule has 1 aliphatic heterocycles. The van der Waals surface area contributed by atoms with Gasteiger partial charge >= 0.3 is 0 Å². The van der Waals surface area contributed by atoms with E-state index < -0.39 is 0 Å². The third-order valence-corrected chi connectivity index (χ3v) is 3.03. The topological polar surface area (TPSA) is 41.1 Å². The zero-order valence-electron chi connectivity index (χ0n) is 10.3. The third-order valence-electron chi connectivity index (χ3n) is 3.03. The Morgan fingerprint density at radius 2 is 2.06 bits per heavy atom. The quantitative estimate of drug-likeness (QED) is 0.836. The fraction of sp³-hybridized carbons (Fsp3) is 0.667. The van der Waals surface area contributed by atoms with Crippen molar-refractivity contribution in [2.75, 3.05) is 25.0 Å². The molecular formula is C12H20N4. The summed E-state index contributed by atoms with van der Waals surface area (Å²) in [6.45, 7) is 7.53. The predicted molar refractivity (Wildman–Crippen MR) is 65.4 cm³/mol. The minimum Gasteiger partial charge on any atom is -0.340 e. The van der Waals surface area contributed by atoms with E-state index in [4.69, 9.17) is 0 Å². The minimum atomic E-state index is 0.396.